The number of aliphatic hydroxyl groups excluding tert-OH is 1. The normalized spacial score (nSPS) is 12.5. The van der Waals surface area contributed by atoms with E-state index in [0.717, 1.165) is 17.7 Å². The summed E-state index contributed by atoms with van der Waals surface area (Å²) in [6, 6.07) is 8.80. The molecule has 0 fully saturated rings. The highest BCUT2D eigenvalue weighted by Crippen LogP contribution is 2.29. The molecule has 0 aliphatic heterocycles. The van der Waals surface area contributed by atoms with Crippen LogP contribution in [0.3, 0.4) is 0 Å². The van der Waals surface area contributed by atoms with Gasteiger partial charge in [-0.15, -0.1) is 0 Å². The maximum absolute atomic E-state index is 13.7. The SMILES string of the molecule is Cc1ccccc1C(O)c1cc(F)c(Cl)cc1F. The highest BCUT2D eigenvalue weighted by atomic mass is 35.5. The minimum Gasteiger partial charge on any atom is -0.384 e. The summed E-state index contributed by atoms with van der Waals surface area (Å²) in [5.41, 5.74) is 1.23. The van der Waals surface area contributed by atoms with Crippen molar-refractivity contribution in [2.45, 2.75) is 13.0 Å². The molecule has 0 aromatic heterocycles. The fraction of sp³-hybridized carbons (Fsp3) is 0.143. The molecule has 0 aliphatic rings. The molecule has 0 saturated carbocycles. The van der Waals surface area contributed by atoms with E-state index in [4.69, 9.17) is 11.6 Å². The number of aryl methyl sites for hydroxylation is 1. The van der Waals surface area contributed by atoms with Gasteiger partial charge in [0, 0.05) is 5.56 Å². The summed E-state index contributed by atoms with van der Waals surface area (Å²) < 4.78 is 27.0. The molecule has 1 atom stereocenters. The van der Waals surface area contributed by atoms with Crippen LogP contribution in [0, 0.1) is 18.6 Å². The van der Waals surface area contributed by atoms with E-state index in [1.54, 1.807) is 25.1 Å². The van der Waals surface area contributed by atoms with E-state index in [9.17, 15) is 13.9 Å². The average molecular weight is 269 g/mol. The molecular formula is C14H11ClF2O. The van der Waals surface area contributed by atoms with E-state index in [0.29, 0.717) is 5.56 Å². The van der Waals surface area contributed by atoms with Crippen LogP contribution in [0.2, 0.25) is 5.02 Å². The second-order valence-corrected chi connectivity index (χ2v) is 4.45. The molecule has 94 valence electrons. The molecule has 0 heterocycles. The van der Waals surface area contributed by atoms with Gasteiger partial charge in [0.1, 0.15) is 17.7 Å². The average Bonchev–Trinajstić information content (AvgIpc) is 2.33. The number of aliphatic hydroxyl groups is 1. The number of hydrogen-bond acceptors (Lipinski definition) is 1. The second kappa shape index (κ2) is 5.04. The first-order chi connectivity index (χ1) is 8.50. The topological polar surface area (TPSA) is 20.2 Å². The standard InChI is InChI=1S/C14H11ClF2O/c1-8-4-2-3-5-9(8)14(18)10-6-13(17)11(15)7-12(10)16/h2-7,14,18H,1H3. The van der Waals surface area contributed by atoms with Gasteiger partial charge in [0.05, 0.1) is 5.02 Å². The molecule has 1 unspecified atom stereocenters. The zero-order valence-electron chi connectivity index (χ0n) is 9.62. The Morgan fingerprint density at radius 1 is 1.06 bits per heavy atom. The van der Waals surface area contributed by atoms with Crippen molar-refractivity contribution in [1.29, 1.82) is 0 Å². The number of hydrogen-bond donors (Lipinski definition) is 1. The molecule has 4 heteroatoms. The van der Waals surface area contributed by atoms with Crippen molar-refractivity contribution in [2.24, 2.45) is 0 Å². The lowest BCUT2D eigenvalue weighted by Crippen LogP contribution is -2.05. The van der Waals surface area contributed by atoms with E-state index in [2.05, 4.69) is 0 Å². The maximum Gasteiger partial charge on any atom is 0.142 e. The summed E-state index contributed by atoms with van der Waals surface area (Å²) in [6.07, 6.45) is -1.21. The molecule has 18 heavy (non-hydrogen) atoms. The van der Waals surface area contributed by atoms with Gasteiger partial charge in [-0.05, 0) is 30.2 Å². The molecule has 1 N–H and O–H groups in total. The first-order valence-electron chi connectivity index (χ1n) is 5.38. The van der Waals surface area contributed by atoms with Gasteiger partial charge in [-0.25, -0.2) is 8.78 Å². The van der Waals surface area contributed by atoms with Crippen LogP contribution in [0.15, 0.2) is 36.4 Å². The van der Waals surface area contributed by atoms with Crippen molar-refractivity contribution in [3.8, 4) is 0 Å². The summed E-state index contributed by atoms with van der Waals surface area (Å²) >= 11 is 5.47. The molecule has 0 aliphatic carbocycles. The number of benzene rings is 2. The Hall–Kier alpha value is -1.45. The molecule has 1 nitrogen and oxygen atoms in total. The van der Waals surface area contributed by atoms with E-state index in [1.165, 1.54) is 0 Å². The lowest BCUT2D eigenvalue weighted by atomic mass is 9.97. The highest BCUT2D eigenvalue weighted by molar-refractivity contribution is 6.30. The summed E-state index contributed by atoms with van der Waals surface area (Å²) in [5.74, 6) is -1.47. The Labute approximate surface area is 109 Å². The molecule has 2 rings (SSSR count). The summed E-state index contributed by atoms with van der Waals surface area (Å²) in [6.45, 7) is 1.79. The number of halogens is 3. The smallest absolute Gasteiger partial charge is 0.142 e. The van der Waals surface area contributed by atoms with Crippen molar-refractivity contribution < 1.29 is 13.9 Å². The third kappa shape index (κ3) is 2.37. The molecule has 2 aromatic rings. The zero-order valence-corrected chi connectivity index (χ0v) is 10.4. The van der Waals surface area contributed by atoms with Crippen LogP contribution in [0.4, 0.5) is 8.78 Å². The molecule has 0 radical (unpaired) electrons. The molecule has 0 amide bonds. The van der Waals surface area contributed by atoms with E-state index in [-0.39, 0.29) is 10.6 Å². The quantitative estimate of drug-likeness (QED) is 0.816. The third-order valence-electron chi connectivity index (χ3n) is 2.82. The van der Waals surface area contributed by atoms with Crippen molar-refractivity contribution in [1.82, 2.24) is 0 Å². The van der Waals surface area contributed by atoms with E-state index in [1.807, 2.05) is 6.07 Å². The van der Waals surface area contributed by atoms with Gasteiger partial charge in [-0.1, -0.05) is 35.9 Å². The first kappa shape index (κ1) is 13.0. The Morgan fingerprint density at radius 2 is 1.72 bits per heavy atom. The predicted octanol–water partition coefficient (Wildman–Crippen LogP) is 4.01. The van der Waals surface area contributed by atoms with Gasteiger partial charge in [-0.3, -0.25) is 0 Å². The largest absolute Gasteiger partial charge is 0.384 e. The van der Waals surface area contributed by atoms with Crippen LogP contribution in [-0.2, 0) is 0 Å². The fourth-order valence-corrected chi connectivity index (χ4v) is 1.96. The van der Waals surface area contributed by atoms with Gasteiger partial charge in [0.2, 0.25) is 0 Å². The van der Waals surface area contributed by atoms with Crippen LogP contribution in [-0.4, -0.2) is 5.11 Å². The summed E-state index contributed by atoms with van der Waals surface area (Å²) in [7, 11) is 0. The lowest BCUT2D eigenvalue weighted by Gasteiger charge is -2.15. The van der Waals surface area contributed by atoms with Crippen LogP contribution in [0.25, 0.3) is 0 Å². The van der Waals surface area contributed by atoms with Crippen LogP contribution >= 0.6 is 11.6 Å². The third-order valence-corrected chi connectivity index (χ3v) is 3.11. The van der Waals surface area contributed by atoms with Crippen molar-refractivity contribution in [3.63, 3.8) is 0 Å². The Kier molecular flexibility index (Phi) is 3.64. The highest BCUT2D eigenvalue weighted by Gasteiger charge is 2.18. The van der Waals surface area contributed by atoms with Gasteiger partial charge >= 0.3 is 0 Å². The first-order valence-corrected chi connectivity index (χ1v) is 5.76. The van der Waals surface area contributed by atoms with Crippen molar-refractivity contribution >= 4 is 11.6 Å². The second-order valence-electron chi connectivity index (χ2n) is 4.05. The zero-order chi connectivity index (χ0) is 13.3. The molecule has 2 aromatic carbocycles. The molecule has 0 saturated heterocycles. The van der Waals surface area contributed by atoms with E-state index >= 15 is 0 Å². The minimum absolute atomic E-state index is 0.119. The summed E-state index contributed by atoms with van der Waals surface area (Å²) in [5, 5.41) is 9.82. The van der Waals surface area contributed by atoms with Gasteiger partial charge in [0.15, 0.2) is 0 Å². The Balaban J connectivity index is 2.50. The van der Waals surface area contributed by atoms with Gasteiger partial charge < -0.3 is 5.11 Å². The maximum atomic E-state index is 13.7. The van der Waals surface area contributed by atoms with Crippen LogP contribution in [0.1, 0.15) is 22.8 Å². The number of rotatable bonds is 2. The molecule has 0 spiro atoms. The van der Waals surface area contributed by atoms with Crippen molar-refractivity contribution in [3.05, 3.63) is 69.7 Å². The van der Waals surface area contributed by atoms with Crippen LogP contribution in [0.5, 0.6) is 0 Å². The van der Waals surface area contributed by atoms with E-state index < -0.39 is 17.7 Å². The van der Waals surface area contributed by atoms with Gasteiger partial charge in [0.25, 0.3) is 0 Å². The van der Waals surface area contributed by atoms with Gasteiger partial charge in [-0.2, -0.15) is 0 Å². The lowest BCUT2D eigenvalue weighted by molar-refractivity contribution is 0.213. The molecular weight excluding hydrogens is 258 g/mol. The minimum atomic E-state index is -1.21. The monoisotopic (exact) mass is 268 g/mol. The van der Waals surface area contributed by atoms with Crippen LogP contribution < -0.4 is 0 Å². The predicted molar refractivity (Wildman–Crippen MR) is 66.6 cm³/mol. The summed E-state index contributed by atoms with van der Waals surface area (Å²) in [4.78, 5) is 0. The Bertz CT molecular complexity index is 584. The molecule has 0 bridgehead atoms. The van der Waals surface area contributed by atoms with Crippen molar-refractivity contribution in [2.75, 3.05) is 0 Å². The Morgan fingerprint density at radius 3 is 2.39 bits per heavy atom. The fourth-order valence-electron chi connectivity index (χ4n) is 1.81.